The molecule has 0 radical (unpaired) electrons. The zero-order valence-corrected chi connectivity index (χ0v) is 11.3. The Morgan fingerprint density at radius 1 is 1.53 bits per heavy atom. The number of carbonyl (C=O) groups is 1. The number of ether oxygens (including phenoxy) is 1. The second-order valence-electron chi connectivity index (χ2n) is 4.74. The number of thioether (sulfide) groups is 1. The van der Waals surface area contributed by atoms with Crippen LogP contribution in [0.2, 0.25) is 0 Å². The van der Waals surface area contributed by atoms with Crippen molar-refractivity contribution in [1.29, 1.82) is 0 Å². The third kappa shape index (κ3) is 2.67. The van der Waals surface area contributed by atoms with Crippen LogP contribution in [0.15, 0.2) is 17.2 Å². The van der Waals surface area contributed by atoms with Crippen molar-refractivity contribution in [2.75, 3.05) is 12.9 Å². The molecule has 19 heavy (non-hydrogen) atoms. The van der Waals surface area contributed by atoms with E-state index in [9.17, 15) is 4.79 Å². The van der Waals surface area contributed by atoms with Gasteiger partial charge in [-0.05, 0) is 40.8 Å². The minimum absolute atomic E-state index is 0.0923. The minimum atomic E-state index is -0.137. The Morgan fingerprint density at radius 2 is 2.37 bits per heavy atom. The lowest BCUT2D eigenvalue weighted by Crippen LogP contribution is -2.13. The number of tetrazole rings is 1. The van der Waals surface area contributed by atoms with Crippen molar-refractivity contribution in [2.24, 2.45) is 5.41 Å². The van der Waals surface area contributed by atoms with Crippen LogP contribution in [0.25, 0.3) is 5.65 Å². The van der Waals surface area contributed by atoms with E-state index in [-0.39, 0.29) is 11.4 Å². The van der Waals surface area contributed by atoms with E-state index in [1.54, 1.807) is 11.8 Å². The maximum Gasteiger partial charge on any atom is 0.306 e. The van der Waals surface area contributed by atoms with Crippen LogP contribution in [0.5, 0.6) is 0 Å². The molecule has 0 atom stereocenters. The van der Waals surface area contributed by atoms with Gasteiger partial charge in [0, 0.05) is 5.75 Å². The van der Waals surface area contributed by atoms with Crippen molar-refractivity contribution in [3.63, 3.8) is 0 Å². The zero-order chi connectivity index (χ0) is 13.3. The minimum Gasteiger partial charge on any atom is -0.469 e. The molecule has 2 aromatic rings. The molecule has 1 saturated carbocycles. The molecule has 0 bridgehead atoms. The third-order valence-corrected chi connectivity index (χ3v) is 4.55. The summed E-state index contributed by atoms with van der Waals surface area (Å²) in [6.45, 7) is 0. The van der Waals surface area contributed by atoms with Crippen molar-refractivity contribution >= 4 is 23.4 Å². The fourth-order valence-corrected chi connectivity index (χ4v) is 3.01. The van der Waals surface area contributed by atoms with Gasteiger partial charge in [-0.3, -0.25) is 4.79 Å². The molecule has 0 amide bonds. The number of aromatic nitrogens is 5. The van der Waals surface area contributed by atoms with Crippen molar-refractivity contribution in [3.8, 4) is 0 Å². The van der Waals surface area contributed by atoms with E-state index in [1.807, 2.05) is 12.1 Å². The highest BCUT2D eigenvalue weighted by Gasteiger charge is 2.44. The topological polar surface area (TPSA) is 82.3 Å². The average molecular weight is 279 g/mol. The van der Waals surface area contributed by atoms with Crippen molar-refractivity contribution in [2.45, 2.75) is 24.3 Å². The molecule has 1 aliphatic rings. The highest BCUT2D eigenvalue weighted by molar-refractivity contribution is 7.99. The third-order valence-electron chi connectivity index (χ3n) is 3.28. The van der Waals surface area contributed by atoms with E-state index in [0.29, 0.717) is 12.1 Å². The second kappa shape index (κ2) is 4.76. The molecule has 2 aromatic heterocycles. The molecule has 8 heteroatoms. The number of esters is 1. The highest BCUT2D eigenvalue weighted by atomic mass is 32.2. The van der Waals surface area contributed by atoms with Gasteiger partial charge in [-0.1, -0.05) is 0 Å². The lowest BCUT2D eigenvalue weighted by molar-refractivity contribution is -0.141. The maximum atomic E-state index is 11.3. The monoisotopic (exact) mass is 279 g/mol. The summed E-state index contributed by atoms with van der Waals surface area (Å²) in [5, 5.41) is 16.3. The summed E-state index contributed by atoms with van der Waals surface area (Å²) in [6, 6.07) is 3.72. The number of hydrogen-bond donors (Lipinski definition) is 0. The first kappa shape index (κ1) is 12.3. The molecule has 0 aromatic carbocycles. The molecule has 0 N–H and O–H groups in total. The first-order chi connectivity index (χ1) is 9.21. The lowest BCUT2D eigenvalue weighted by atomic mass is 10.1. The van der Waals surface area contributed by atoms with Crippen molar-refractivity contribution in [1.82, 2.24) is 25.3 Å². The van der Waals surface area contributed by atoms with Crippen LogP contribution in [0.3, 0.4) is 0 Å². The highest BCUT2D eigenvalue weighted by Crippen LogP contribution is 2.51. The molecule has 0 saturated heterocycles. The fourth-order valence-electron chi connectivity index (χ4n) is 1.86. The van der Waals surface area contributed by atoms with Crippen LogP contribution in [0.1, 0.15) is 19.3 Å². The molecule has 0 aliphatic heterocycles. The molecule has 100 valence electrons. The molecule has 7 nitrogen and oxygen atoms in total. The predicted octanol–water partition coefficient (Wildman–Crippen LogP) is 0.955. The lowest BCUT2D eigenvalue weighted by Gasteiger charge is -2.12. The van der Waals surface area contributed by atoms with E-state index in [2.05, 4.69) is 20.6 Å². The normalized spacial score (nSPS) is 16.5. The van der Waals surface area contributed by atoms with Gasteiger partial charge in [-0.2, -0.15) is 0 Å². The smallest absolute Gasteiger partial charge is 0.306 e. The van der Waals surface area contributed by atoms with Gasteiger partial charge in [0.15, 0.2) is 5.65 Å². The summed E-state index contributed by atoms with van der Waals surface area (Å²) in [6.07, 6.45) is 2.63. The molecule has 1 fully saturated rings. The number of carbonyl (C=O) groups excluding carboxylic acids is 1. The van der Waals surface area contributed by atoms with Crippen molar-refractivity contribution in [3.05, 3.63) is 12.1 Å². The van der Waals surface area contributed by atoms with E-state index in [0.717, 1.165) is 23.6 Å². The summed E-state index contributed by atoms with van der Waals surface area (Å²) in [5.74, 6) is 0.727. The summed E-state index contributed by atoms with van der Waals surface area (Å²) in [4.78, 5) is 11.3. The molecule has 0 spiro atoms. The van der Waals surface area contributed by atoms with Crippen molar-refractivity contribution < 1.29 is 9.53 Å². The summed E-state index contributed by atoms with van der Waals surface area (Å²) in [5.41, 5.74) is 0.717. The van der Waals surface area contributed by atoms with Gasteiger partial charge in [0.05, 0.1) is 13.5 Å². The van der Waals surface area contributed by atoms with Crippen LogP contribution in [0.4, 0.5) is 0 Å². The molecule has 3 rings (SSSR count). The van der Waals surface area contributed by atoms with E-state index in [1.165, 1.54) is 11.7 Å². The second-order valence-corrected chi connectivity index (χ2v) is 5.74. The molecule has 2 heterocycles. The number of fused-ring (bicyclic) bond motifs is 1. The van der Waals surface area contributed by atoms with E-state index < -0.39 is 0 Å². The first-order valence-corrected chi connectivity index (χ1v) is 6.94. The van der Waals surface area contributed by atoms with Gasteiger partial charge in [0.2, 0.25) is 0 Å². The van der Waals surface area contributed by atoms with Crippen LogP contribution in [-0.4, -0.2) is 44.1 Å². The number of nitrogens with zero attached hydrogens (tertiary/aromatic N) is 5. The van der Waals surface area contributed by atoms with Crippen LogP contribution in [0, 0.1) is 5.41 Å². The van der Waals surface area contributed by atoms with Gasteiger partial charge in [-0.25, -0.2) is 0 Å². The Hall–Kier alpha value is -1.70. The van der Waals surface area contributed by atoms with E-state index in [4.69, 9.17) is 4.74 Å². The quantitative estimate of drug-likeness (QED) is 0.595. The Bertz CT molecular complexity index is 610. The Labute approximate surface area is 113 Å². The van der Waals surface area contributed by atoms with Gasteiger partial charge in [-0.15, -0.1) is 26.6 Å². The number of rotatable bonds is 5. The molecular formula is C11H13N5O2S. The average Bonchev–Trinajstić information content (AvgIpc) is 3.02. The Balaban J connectivity index is 1.64. The van der Waals surface area contributed by atoms with Gasteiger partial charge in [0.25, 0.3) is 0 Å². The maximum absolute atomic E-state index is 11.3. The SMILES string of the molecule is COC(=O)CC1(CSc2ccc3nnnn3n2)CC1. The van der Waals surface area contributed by atoms with Gasteiger partial charge >= 0.3 is 5.97 Å². The summed E-state index contributed by atoms with van der Waals surface area (Å²) in [7, 11) is 1.43. The molecular weight excluding hydrogens is 266 g/mol. The van der Waals surface area contributed by atoms with Gasteiger partial charge < -0.3 is 4.74 Å². The predicted molar refractivity (Wildman–Crippen MR) is 67.6 cm³/mol. The summed E-state index contributed by atoms with van der Waals surface area (Å²) < 4.78 is 6.14. The first-order valence-electron chi connectivity index (χ1n) is 5.96. The van der Waals surface area contributed by atoms with Crippen LogP contribution < -0.4 is 0 Å². The van der Waals surface area contributed by atoms with E-state index >= 15 is 0 Å². The molecule has 0 unspecified atom stereocenters. The van der Waals surface area contributed by atoms with Crippen LogP contribution >= 0.6 is 11.8 Å². The number of methoxy groups -OCH3 is 1. The summed E-state index contributed by atoms with van der Waals surface area (Å²) >= 11 is 1.63. The largest absolute Gasteiger partial charge is 0.469 e. The Morgan fingerprint density at radius 3 is 3.11 bits per heavy atom. The standard InChI is InChI=1S/C11H13N5O2S/c1-18-10(17)6-11(4-5-11)7-19-9-3-2-8-12-14-15-16(8)13-9/h2-3H,4-7H2,1H3. The van der Waals surface area contributed by atoms with Crippen LogP contribution in [-0.2, 0) is 9.53 Å². The fraction of sp³-hybridized carbons (Fsp3) is 0.545. The Kier molecular flexibility index (Phi) is 3.09. The molecule has 1 aliphatic carbocycles. The van der Waals surface area contributed by atoms with Gasteiger partial charge in [0.1, 0.15) is 5.03 Å². The zero-order valence-electron chi connectivity index (χ0n) is 10.4. The number of hydrogen-bond acceptors (Lipinski definition) is 7.